The number of nitrogens with zero attached hydrogens (tertiary/aromatic N) is 2. The van der Waals surface area contributed by atoms with Crippen molar-refractivity contribution in [1.29, 1.82) is 0 Å². The average Bonchev–Trinajstić information content (AvgIpc) is 3.25. The number of nitrogens with one attached hydrogen (secondary N) is 1. The fraction of sp³-hybridized carbons (Fsp3) is 0.706. The minimum absolute atomic E-state index is 0.00611. The third-order valence-electron chi connectivity index (χ3n) is 5.78. The number of carbonyl (C=O) groups is 2. The van der Waals surface area contributed by atoms with Gasteiger partial charge in [-0.3, -0.25) is 14.4 Å². The lowest BCUT2D eigenvalue weighted by atomic mass is 9.77. The predicted octanol–water partition coefficient (Wildman–Crippen LogP) is 0.602. The molecule has 4 rings (SSSR count). The molecule has 3 saturated heterocycles. The minimum atomic E-state index is -0.483. The maximum atomic E-state index is 13.2. The van der Waals surface area contributed by atoms with Crippen molar-refractivity contribution in [2.24, 2.45) is 5.41 Å². The number of rotatable bonds is 2. The summed E-state index contributed by atoms with van der Waals surface area (Å²) in [5.41, 5.74) is -0.917. The van der Waals surface area contributed by atoms with Crippen LogP contribution in [0, 0.1) is 5.41 Å². The van der Waals surface area contributed by atoms with Crippen LogP contribution in [0.1, 0.15) is 42.7 Å². The van der Waals surface area contributed by atoms with Crippen LogP contribution in [0.15, 0.2) is 15.4 Å². The largest absolute Gasteiger partial charge is 0.381 e. The van der Waals surface area contributed by atoms with Crippen molar-refractivity contribution in [3.63, 3.8) is 0 Å². The third-order valence-corrected chi connectivity index (χ3v) is 5.78. The van der Waals surface area contributed by atoms with Gasteiger partial charge in [0.2, 0.25) is 11.7 Å². The summed E-state index contributed by atoms with van der Waals surface area (Å²) in [4.78, 5) is 40.6. The molecule has 1 atom stereocenters. The first-order valence-electron chi connectivity index (χ1n) is 8.96. The van der Waals surface area contributed by atoms with Gasteiger partial charge < -0.3 is 19.1 Å². The van der Waals surface area contributed by atoms with Crippen LogP contribution in [0.4, 0.5) is 0 Å². The molecule has 0 saturated carbocycles. The maximum absolute atomic E-state index is 13.2. The summed E-state index contributed by atoms with van der Waals surface area (Å²) in [6.07, 6.45) is 4.22. The number of hydrogen-bond acceptors (Lipinski definition) is 5. The second-order valence-corrected chi connectivity index (χ2v) is 7.28. The Kier molecular flexibility index (Phi) is 4.15. The SMILES string of the molecule is O=C(c1cc(=O)[nH]o1)N1CC[C@]2(CCCN(C3CCOCC3)C2=O)C1. The van der Waals surface area contributed by atoms with Gasteiger partial charge in [-0.2, -0.15) is 5.16 Å². The van der Waals surface area contributed by atoms with Crippen LogP contribution in [0.5, 0.6) is 0 Å². The lowest BCUT2D eigenvalue weighted by Crippen LogP contribution is -2.55. The lowest BCUT2D eigenvalue weighted by Gasteiger charge is -2.44. The monoisotopic (exact) mass is 349 g/mol. The van der Waals surface area contributed by atoms with Gasteiger partial charge in [0.05, 0.1) is 11.5 Å². The number of aromatic amines is 1. The Labute approximate surface area is 145 Å². The molecule has 1 aromatic rings. The number of ether oxygens (including phenoxy) is 1. The van der Waals surface area contributed by atoms with E-state index in [4.69, 9.17) is 9.26 Å². The van der Waals surface area contributed by atoms with E-state index in [0.717, 1.165) is 38.3 Å². The Bertz CT molecular complexity index is 720. The van der Waals surface area contributed by atoms with Crippen LogP contribution in [0.3, 0.4) is 0 Å². The molecule has 0 bridgehead atoms. The zero-order valence-corrected chi connectivity index (χ0v) is 14.2. The lowest BCUT2D eigenvalue weighted by molar-refractivity contribution is -0.150. The average molecular weight is 349 g/mol. The number of likely N-dealkylation sites (tertiary alicyclic amines) is 2. The van der Waals surface area contributed by atoms with Crippen LogP contribution in [0.25, 0.3) is 0 Å². The number of H-pyrrole nitrogens is 1. The number of piperidine rings is 1. The van der Waals surface area contributed by atoms with Crippen molar-refractivity contribution < 1.29 is 18.8 Å². The number of amides is 2. The van der Waals surface area contributed by atoms with E-state index in [1.807, 2.05) is 4.90 Å². The molecule has 0 aromatic carbocycles. The molecule has 3 aliphatic heterocycles. The highest BCUT2D eigenvalue weighted by Gasteiger charge is 2.50. The van der Waals surface area contributed by atoms with Crippen molar-refractivity contribution in [1.82, 2.24) is 15.0 Å². The molecule has 0 unspecified atom stereocenters. The molecule has 4 heterocycles. The van der Waals surface area contributed by atoms with Crippen molar-refractivity contribution in [2.45, 2.75) is 38.1 Å². The van der Waals surface area contributed by atoms with Crippen molar-refractivity contribution in [3.05, 3.63) is 22.2 Å². The van der Waals surface area contributed by atoms with E-state index in [1.54, 1.807) is 4.90 Å². The highest BCUT2D eigenvalue weighted by Crippen LogP contribution is 2.41. The molecule has 136 valence electrons. The van der Waals surface area contributed by atoms with Gasteiger partial charge in [0.15, 0.2) is 0 Å². The fourth-order valence-electron chi connectivity index (χ4n) is 4.42. The zero-order chi connectivity index (χ0) is 17.4. The van der Waals surface area contributed by atoms with Crippen molar-refractivity contribution in [2.75, 3.05) is 32.8 Å². The quantitative estimate of drug-likeness (QED) is 0.844. The summed E-state index contributed by atoms with van der Waals surface area (Å²) in [5.74, 6) is -0.144. The van der Waals surface area contributed by atoms with E-state index < -0.39 is 11.0 Å². The summed E-state index contributed by atoms with van der Waals surface area (Å²) in [6.45, 7) is 3.13. The normalized spacial score (nSPS) is 28.1. The predicted molar refractivity (Wildman–Crippen MR) is 87.1 cm³/mol. The highest BCUT2D eigenvalue weighted by molar-refractivity contribution is 5.93. The van der Waals surface area contributed by atoms with Crippen LogP contribution in [0.2, 0.25) is 0 Å². The highest BCUT2D eigenvalue weighted by atomic mass is 16.5. The molecule has 25 heavy (non-hydrogen) atoms. The third kappa shape index (κ3) is 2.88. The molecule has 1 aromatic heterocycles. The summed E-state index contributed by atoms with van der Waals surface area (Å²) >= 11 is 0. The number of carbonyl (C=O) groups excluding carboxylic acids is 2. The standard InChI is InChI=1S/C17H23N3O5/c21-14-10-13(25-18-14)15(22)19-7-5-17(11-19)4-1-6-20(16(17)23)12-2-8-24-9-3-12/h10,12H,1-9,11H2,(H,18,21)/t17-/m1/s1. The van der Waals surface area contributed by atoms with Gasteiger partial charge in [-0.15, -0.1) is 0 Å². The maximum Gasteiger partial charge on any atom is 0.292 e. The molecular weight excluding hydrogens is 326 g/mol. The number of hydrogen-bond donors (Lipinski definition) is 1. The molecule has 0 aliphatic carbocycles. The van der Waals surface area contributed by atoms with E-state index in [2.05, 4.69) is 5.16 Å². The van der Waals surface area contributed by atoms with Gasteiger partial charge in [-0.05, 0) is 32.1 Å². The molecule has 1 spiro atoms. The molecule has 3 fully saturated rings. The van der Waals surface area contributed by atoms with Gasteiger partial charge >= 0.3 is 0 Å². The van der Waals surface area contributed by atoms with Gasteiger partial charge in [0.1, 0.15) is 0 Å². The van der Waals surface area contributed by atoms with Crippen LogP contribution < -0.4 is 5.56 Å². The minimum Gasteiger partial charge on any atom is -0.381 e. The Balaban J connectivity index is 1.49. The van der Waals surface area contributed by atoms with Crippen LogP contribution in [-0.4, -0.2) is 65.7 Å². The van der Waals surface area contributed by atoms with E-state index in [-0.39, 0.29) is 23.6 Å². The second-order valence-electron chi connectivity index (χ2n) is 7.28. The Morgan fingerprint density at radius 2 is 2.00 bits per heavy atom. The van der Waals surface area contributed by atoms with E-state index in [9.17, 15) is 14.4 Å². The van der Waals surface area contributed by atoms with Gasteiger partial charge in [0.25, 0.3) is 11.5 Å². The topological polar surface area (TPSA) is 95.8 Å². The molecule has 8 nitrogen and oxygen atoms in total. The summed E-state index contributed by atoms with van der Waals surface area (Å²) < 4.78 is 10.3. The Hall–Kier alpha value is -2.09. The molecular formula is C17H23N3O5. The first-order valence-corrected chi connectivity index (χ1v) is 8.96. The molecule has 8 heteroatoms. The number of aromatic nitrogens is 1. The van der Waals surface area contributed by atoms with E-state index in [1.165, 1.54) is 0 Å². The van der Waals surface area contributed by atoms with Crippen molar-refractivity contribution in [3.8, 4) is 0 Å². The Morgan fingerprint density at radius 3 is 2.72 bits per heavy atom. The second kappa shape index (κ2) is 6.33. The smallest absolute Gasteiger partial charge is 0.292 e. The van der Waals surface area contributed by atoms with Gasteiger partial charge in [0, 0.05) is 38.9 Å². The fourth-order valence-corrected chi connectivity index (χ4v) is 4.42. The van der Waals surface area contributed by atoms with Gasteiger partial charge in [-0.1, -0.05) is 0 Å². The van der Waals surface area contributed by atoms with Gasteiger partial charge in [-0.25, -0.2) is 0 Å². The van der Waals surface area contributed by atoms with E-state index in [0.29, 0.717) is 32.7 Å². The summed E-state index contributed by atoms with van der Waals surface area (Å²) in [5, 5.41) is 2.14. The van der Waals surface area contributed by atoms with Crippen molar-refractivity contribution >= 4 is 11.8 Å². The summed E-state index contributed by atoms with van der Waals surface area (Å²) in [6, 6.07) is 1.41. The Morgan fingerprint density at radius 1 is 1.20 bits per heavy atom. The molecule has 2 amide bonds. The first kappa shape index (κ1) is 16.4. The zero-order valence-electron chi connectivity index (χ0n) is 14.2. The molecule has 3 aliphatic rings. The first-order chi connectivity index (χ1) is 12.1. The summed E-state index contributed by atoms with van der Waals surface area (Å²) in [7, 11) is 0. The molecule has 0 radical (unpaired) electrons. The van der Waals surface area contributed by atoms with Crippen LogP contribution in [-0.2, 0) is 9.53 Å². The van der Waals surface area contributed by atoms with Crippen LogP contribution >= 0.6 is 0 Å². The van der Waals surface area contributed by atoms with E-state index >= 15 is 0 Å². The molecule has 1 N–H and O–H groups in total.